The van der Waals surface area contributed by atoms with Crippen molar-refractivity contribution in [3.63, 3.8) is 0 Å². The molecule has 0 bridgehead atoms. The maximum Gasteiger partial charge on any atom is 0.216 e. The van der Waals surface area contributed by atoms with Crippen molar-refractivity contribution in [3.8, 4) is 0 Å². The quantitative estimate of drug-likeness (QED) is 0.603. The minimum Gasteiger partial charge on any atom is -0.346 e. The molecule has 0 fully saturated rings. The first-order valence-electron chi connectivity index (χ1n) is 6.14. The molecular weight excluding hydrogens is 255 g/mol. The Morgan fingerprint density at radius 3 is 2.68 bits per heavy atom. The maximum atomic E-state index is 5.69. The van der Waals surface area contributed by atoms with Crippen LogP contribution >= 0.6 is 8.20 Å². The molecule has 1 aromatic rings. The highest BCUT2D eigenvalue weighted by Gasteiger charge is 2.35. The van der Waals surface area contributed by atoms with Crippen LogP contribution in [-0.4, -0.2) is 25.8 Å². The summed E-state index contributed by atoms with van der Waals surface area (Å²) in [5.74, 6) is 3.59. The highest BCUT2D eigenvalue weighted by atomic mass is 31.1. The van der Waals surface area contributed by atoms with E-state index >= 15 is 0 Å². The van der Waals surface area contributed by atoms with Gasteiger partial charge in [-0.05, 0) is 33.7 Å². The Morgan fingerprint density at radius 2 is 1.89 bits per heavy atom. The number of allylic oxidation sites excluding steroid dienone is 2. The van der Waals surface area contributed by atoms with E-state index in [1.807, 2.05) is 18.2 Å². The second-order valence-corrected chi connectivity index (χ2v) is 5.24. The van der Waals surface area contributed by atoms with Gasteiger partial charge in [-0.3, -0.25) is 0 Å². The van der Waals surface area contributed by atoms with Gasteiger partial charge in [-0.2, -0.15) is 0 Å². The molecule has 0 saturated heterocycles. The van der Waals surface area contributed by atoms with E-state index in [4.69, 9.17) is 9.47 Å². The zero-order chi connectivity index (χ0) is 13.3. The minimum absolute atomic E-state index is 0.801. The standard InChI is InChI=1S/C16H15O2P/c1-17-16(18-2)9-5-7-13-11-19-10-12-6-3-4-8-14(12)15(13)16/h3-11H,1-2H3. The van der Waals surface area contributed by atoms with Gasteiger partial charge in [-0.1, -0.05) is 44.6 Å². The SMILES string of the molecule is COC1(OC)C=CC=C2C=PC=c3ccccc3=C21. The molecule has 96 valence electrons. The summed E-state index contributed by atoms with van der Waals surface area (Å²) in [5, 5.41) is 2.38. The van der Waals surface area contributed by atoms with Crippen LogP contribution in [0.5, 0.6) is 0 Å². The minimum atomic E-state index is -0.801. The van der Waals surface area contributed by atoms with E-state index in [9.17, 15) is 0 Å². The van der Waals surface area contributed by atoms with Crippen LogP contribution in [0.4, 0.5) is 0 Å². The lowest BCUT2D eigenvalue weighted by atomic mass is 9.90. The molecule has 0 aromatic heterocycles. The number of rotatable bonds is 2. The smallest absolute Gasteiger partial charge is 0.216 e. The third-order valence-corrected chi connectivity index (χ3v) is 4.35. The lowest BCUT2D eigenvalue weighted by Gasteiger charge is -2.33. The largest absolute Gasteiger partial charge is 0.346 e. The Bertz CT molecular complexity index is 707. The molecule has 19 heavy (non-hydrogen) atoms. The number of hydrogen-bond donors (Lipinski definition) is 0. The Morgan fingerprint density at radius 1 is 1.11 bits per heavy atom. The molecule has 0 unspecified atom stereocenters. The fourth-order valence-corrected chi connectivity index (χ4v) is 3.39. The molecule has 0 spiro atoms. The normalized spacial score (nSPS) is 19.9. The van der Waals surface area contributed by atoms with Crippen molar-refractivity contribution in [3.05, 3.63) is 58.5 Å². The highest BCUT2D eigenvalue weighted by molar-refractivity contribution is 7.48. The van der Waals surface area contributed by atoms with Gasteiger partial charge in [0, 0.05) is 19.8 Å². The van der Waals surface area contributed by atoms with Crippen molar-refractivity contribution in [1.82, 2.24) is 0 Å². The fourth-order valence-electron chi connectivity index (χ4n) is 2.56. The van der Waals surface area contributed by atoms with E-state index in [0.29, 0.717) is 0 Å². The predicted molar refractivity (Wildman–Crippen MR) is 80.5 cm³/mol. The Balaban J connectivity index is 2.45. The van der Waals surface area contributed by atoms with Gasteiger partial charge in [-0.25, -0.2) is 0 Å². The lowest BCUT2D eigenvalue weighted by molar-refractivity contribution is -0.125. The van der Waals surface area contributed by atoms with Crippen LogP contribution in [0.15, 0.2) is 48.1 Å². The zero-order valence-electron chi connectivity index (χ0n) is 11.0. The second kappa shape index (κ2) is 4.90. The number of ether oxygens (including phenoxy) is 2. The average Bonchev–Trinajstić information content (AvgIpc) is 2.66. The van der Waals surface area contributed by atoms with E-state index in [1.54, 1.807) is 14.2 Å². The summed E-state index contributed by atoms with van der Waals surface area (Å²) in [7, 11) is 4.53. The van der Waals surface area contributed by atoms with Crippen LogP contribution in [0.2, 0.25) is 0 Å². The molecule has 2 nitrogen and oxygen atoms in total. The second-order valence-electron chi connectivity index (χ2n) is 4.43. The summed E-state index contributed by atoms with van der Waals surface area (Å²) >= 11 is 0. The molecule has 0 radical (unpaired) electrons. The maximum absolute atomic E-state index is 5.69. The summed E-state index contributed by atoms with van der Waals surface area (Å²) in [4.78, 5) is 0. The molecule has 0 amide bonds. The molecular formula is C16H15O2P. The van der Waals surface area contributed by atoms with Crippen molar-refractivity contribution < 1.29 is 9.47 Å². The van der Waals surface area contributed by atoms with Crippen molar-refractivity contribution in [2.24, 2.45) is 0 Å². The van der Waals surface area contributed by atoms with Gasteiger partial charge in [0.1, 0.15) is 0 Å². The van der Waals surface area contributed by atoms with Crippen LogP contribution in [0.25, 0.3) is 11.4 Å². The summed E-state index contributed by atoms with van der Waals surface area (Å²) in [6, 6.07) is 8.35. The zero-order valence-corrected chi connectivity index (χ0v) is 11.9. The molecule has 1 aromatic carbocycles. The van der Waals surface area contributed by atoms with Crippen molar-refractivity contribution >= 4 is 25.4 Å². The van der Waals surface area contributed by atoms with Gasteiger partial charge in [0.05, 0.1) is 0 Å². The van der Waals surface area contributed by atoms with Crippen molar-refractivity contribution in [2.45, 2.75) is 5.79 Å². The molecule has 1 aliphatic heterocycles. The van der Waals surface area contributed by atoms with Crippen molar-refractivity contribution in [1.29, 1.82) is 0 Å². The third kappa shape index (κ3) is 1.93. The Labute approximate surface area is 114 Å². The molecule has 0 atom stereocenters. The molecule has 3 rings (SSSR count). The number of fused-ring (bicyclic) bond motifs is 2. The lowest BCUT2D eigenvalue weighted by Crippen LogP contribution is -2.42. The van der Waals surface area contributed by atoms with Crippen LogP contribution in [-0.2, 0) is 9.47 Å². The Kier molecular flexibility index (Phi) is 3.24. The van der Waals surface area contributed by atoms with Crippen molar-refractivity contribution in [2.75, 3.05) is 14.2 Å². The summed E-state index contributed by atoms with van der Waals surface area (Å²) in [6.07, 6.45) is 6.05. The first-order valence-corrected chi connectivity index (χ1v) is 7.17. The van der Waals surface area contributed by atoms with E-state index < -0.39 is 5.79 Å². The van der Waals surface area contributed by atoms with E-state index in [-0.39, 0.29) is 0 Å². The van der Waals surface area contributed by atoms with E-state index in [2.05, 4.69) is 35.9 Å². The van der Waals surface area contributed by atoms with Crippen LogP contribution < -0.4 is 10.4 Å². The van der Waals surface area contributed by atoms with E-state index in [0.717, 1.165) is 11.1 Å². The van der Waals surface area contributed by atoms with Gasteiger partial charge >= 0.3 is 0 Å². The summed E-state index contributed by atoms with van der Waals surface area (Å²) in [6.45, 7) is 0. The highest BCUT2D eigenvalue weighted by Crippen LogP contribution is 2.33. The van der Waals surface area contributed by atoms with Crippen LogP contribution in [0, 0.1) is 0 Å². The van der Waals surface area contributed by atoms with Gasteiger partial charge in [0.15, 0.2) is 0 Å². The van der Waals surface area contributed by atoms with Crippen LogP contribution in [0.1, 0.15) is 0 Å². The van der Waals surface area contributed by atoms with Gasteiger partial charge in [0.25, 0.3) is 0 Å². The number of benzene rings is 1. The van der Waals surface area contributed by atoms with Gasteiger partial charge < -0.3 is 9.47 Å². The van der Waals surface area contributed by atoms with E-state index in [1.165, 1.54) is 18.6 Å². The van der Waals surface area contributed by atoms with Crippen LogP contribution in [0.3, 0.4) is 0 Å². The monoisotopic (exact) mass is 270 g/mol. The molecule has 0 saturated carbocycles. The molecule has 2 aliphatic rings. The predicted octanol–water partition coefficient (Wildman–Crippen LogP) is 1.82. The Hall–Kier alpha value is -1.47. The van der Waals surface area contributed by atoms with Gasteiger partial charge in [0.2, 0.25) is 5.79 Å². The number of hydrogen-bond acceptors (Lipinski definition) is 2. The van der Waals surface area contributed by atoms with Gasteiger partial charge in [-0.15, -0.1) is 0 Å². The fraction of sp³-hybridized carbons (Fsp3) is 0.188. The average molecular weight is 270 g/mol. The molecule has 0 N–H and O–H groups in total. The first kappa shape index (κ1) is 12.6. The number of methoxy groups -OCH3 is 2. The molecule has 1 aliphatic carbocycles. The topological polar surface area (TPSA) is 18.5 Å². The summed E-state index contributed by atoms with van der Waals surface area (Å²) in [5.41, 5.74) is 2.24. The summed E-state index contributed by atoms with van der Waals surface area (Å²) < 4.78 is 11.4. The molecule has 1 heterocycles. The third-order valence-electron chi connectivity index (χ3n) is 3.49. The first-order chi connectivity index (χ1) is 9.30. The molecule has 3 heteroatoms.